The summed E-state index contributed by atoms with van der Waals surface area (Å²) in [6.07, 6.45) is 2.81. The van der Waals surface area contributed by atoms with E-state index in [2.05, 4.69) is 9.88 Å². The molecule has 2 aliphatic rings. The lowest BCUT2D eigenvalue weighted by molar-refractivity contribution is -0.146. The molecule has 5 heteroatoms. The molecule has 0 unspecified atom stereocenters. The molecule has 0 amide bonds. The third-order valence-electron chi connectivity index (χ3n) is 5.23. The zero-order valence-corrected chi connectivity index (χ0v) is 14.2. The van der Waals surface area contributed by atoms with Gasteiger partial charge in [-0.1, -0.05) is 24.3 Å². The van der Waals surface area contributed by atoms with Crippen LogP contribution in [-0.4, -0.2) is 41.8 Å². The van der Waals surface area contributed by atoms with Gasteiger partial charge < -0.3 is 9.47 Å². The van der Waals surface area contributed by atoms with E-state index in [1.54, 1.807) is 12.3 Å². The number of rotatable bonds is 6. The fourth-order valence-electron chi connectivity index (χ4n) is 3.85. The summed E-state index contributed by atoms with van der Waals surface area (Å²) in [7, 11) is 0. The van der Waals surface area contributed by atoms with Crippen LogP contribution in [0.5, 0.6) is 0 Å². The molecule has 0 saturated carbocycles. The Bertz CT molecular complexity index is 704. The maximum Gasteiger partial charge on any atom is 0.127 e. The Balaban J connectivity index is 1.28. The van der Waals surface area contributed by atoms with E-state index < -0.39 is 0 Å². The van der Waals surface area contributed by atoms with Crippen LogP contribution in [0.2, 0.25) is 0 Å². The van der Waals surface area contributed by atoms with Gasteiger partial charge in [0.2, 0.25) is 0 Å². The topological polar surface area (TPSA) is 34.6 Å². The van der Waals surface area contributed by atoms with E-state index in [-0.39, 0.29) is 11.4 Å². The standard InChI is InChI=1S/C20H23FN2O2/c21-19-7-2-1-5-16(19)11-23-14-20(15-23)17(8-10-25-20)12-24-13-18-6-3-4-9-22-18/h1-7,9,17H,8,10-15H2/t17-/m0/s1. The van der Waals surface area contributed by atoms with E-state index in [0.29, 0.717) is 25.7 Å². The van der Waals surface area contributed by atoms with Gasteiger partial charge in [0.1, 0.15) is 5.82 Å². The van der Waals surface area contributed by atoms with E-state index in [0.717, 1.165) is 37.4 Å². The smallest absolute Gasteiger partial charge is 0.127 e. The molecule has 1 spiro atoms. The second-order valence-corrected chi connectivity index (χ2v) is 6.97. The van der Waals surface area contributed by atoms with Crippen molar-refractivity contribution in [3.05, 3.63) is 65.7 Å². The molecule has 1 atom stereocenters. The highest BCUT2D eigenvalue weighted by Gasteiger charge is 2.52. The van der Waals surface area contributed by atoms with Crippen molar-refractivity contribution in [2.45, 2.75) is 25.2 Å². The maximum atomic E-state index is 13.8. The predicted octanol–water partition coefficient (Wildman–Crippen LogP) is 3.03. The lowest BCUT2D eigenvalue weighted by atomic mass is 9.81. The first kappa shape index (κ1) is 16.6. The molecular formula is C20H23FN2O2. The van der Waals surface area contributed by atoms with E-state index in [4.69, 9.17) is 9.47 Å². The maximum absolute atomic E-state index is 13.8. The van der Waals surface area contributed by atoms with Crippen molar-refractivity contribution in [3.8, 4) is 0 Å². The van der Waals surface area contributed by atoms with Crippen LogP contribution in [0, 0.1) is 11.7 Å². The SMILES string of the molecule is Fc1ccccc1CN1CC2(C1)OCC[C@H]2COCc1ccccn1. The molecule has 0 aliphatic carbocycles. The van der Waals surface area contributed by atoms with Crippen LogP contribution < -0.4 is 0 Å². The number of halogens is 1. The van der Waals surface area contributed by atoms with Crippen LogP contribution in [0.15, 0.2) is 48.7 Å². The monoisotopic (exact) mass is 342 g/mol. The summed E-state index contributed by atoms with van der Waals surface area (Å²) in [5.41, 5.74) is 1.58. The zero-order chi connectivity index (χ0) is 17.1. The molecule has 4 nitrogen and oxygen atoms in total. The fourth-order valence-corrected chi connectivity index (χ4v) is 3.85. The molecule has 2 aromatic rings. The third-order valence-corrected chi connectivity index (χ3v) is 5.23. The molecule has 3 heterocycles. The van der Waals surface area contributed by atoms with Crippen LogP contribution in [0.4, 0.5) is 4.39 Å². The first-order chi connectivity index (χ1) is 12.3. The highest BCUT2D eigenvalue weighted by molar-refractivity contribution is 5.18. The zero-order valence-electron chi connectivity index (χ0n) is 14.2. The normalized spacial score (nSPS) is 22.2. The molecule has 0 N–H and O–H groups in total. The number of ether oxygens (including phenoxy) is 2. The second-order valence-electron chi connectivity index (χ2n) is 6.97. The average molecular weight is 342 g/mol. The molecule has 2 fully saturated rings. The van der Waals surface area contributed by atoms with Crippen molar-refractivity contribution in [1.29, 1.82) is 0 Å². The summed E-state index contributed by atoms with van der Waals surface area (Å²) in [6.45, 7) is 4.33. The minimum Gasteiger partial charge on any atom is -0.375 e. The van der Waals surface area contributed by atoms with Crippen molar-refractivity contribution in [2.75, 3.05) is 26.3 Å². The minimum absolute atomic E-state index is 0.116. The molecule has 1 aromatic carbocycles. The Labute approximate surface area is 147 Å². The first-order valence-corrected chi connectivity index (χ1v) is 8.83. The molecule has 2 saturated heterocycles. The van der Waals surface area contributed by atoms with Gasteiger partial charge in [0.15, 0.2) is 0 Å². The summed E-state index contributed by atoms with van der Waals surface area (Å²) in [5.74, 6) is 0.263. The van der Waals surface area contributed by atoms with Gasteiger partial charge >= 0.3 is 0 Å². The van der Waals surface area contributed by atoms with Gasteiger partial charge in [-0.3, -0.25) is 9.88 Å². The van der Waals surface area contributed by atoms with Gasteiger partial charge in [-0.15, -0.1) is 0 Å². The van der Waals surface area contributed by atoms with Gasteiger partial charge in [-0.05, 0) is 24.6 Å². The van der Waals surface area contributed by atoms with E-state index in [9.17, 15) is 4.39 Å². The van der Waals surface area contributed by atoms with E-state index in [1.807, 2.05) is 30.3 Å². The van der Waals surface area contributed by atoms with Gasteiger partial charge in [-0.25, -0.2) is 4.39 Å². The van der Waals surface area contributed by atoms with Gasteiger partial charge in [0.25, 0.3) is 0 Å². The van der Waals surface area contributed by atoms with Gasteiger partial charge in [0, 0.05) is 43.9 Å². The number of hydrogen-bond donors (Lipinski definition) is 0. The molecule has 0 bridgehead atoms. The number of hydrogen-bond acceptors (Lipinski definition) is 4. The first-order valence-electron chi connectivity index (χ1n) is 8.83. The summed E-state index contributed by atoms with van der Waals surface area (Å²) in [4.78, 5) is 6.53. The summed E-state index contributed by atoms with van der Waals surface area (Å²) >= 11 is 0. The van der Waals surface area contributed by atoms with Crippen LogP contribution in [0.1, 0.15) is 17.7 Å². The van der Waals surface area contributed by atoms with Crippen molar-refractivity contribution >= 4 is 0 Å². The Morgan fingerprint density at radius 2 is 2.04 bits per heavy atom. The van der Waals surface area contributed by atoms with Crippen LogP contribution in [0.25, 0.3) is 0 Å². The van der Waals surface area contributed by atoms with Crippen molar-refractivity contribution in [1.82, 2.24) is 9.88 Å². The van der Waals surface area contributed by atoms with Crippen LogP contribution in [-0.2, 0) is 22.6 Å². The van der Waals surface area contributed by atoms with Gasteiger partial charge in [0.05, 0.1) is 24.5 Å². The Morgan fingerprint density at radius 3 is 2.84 bits per heavy atom. The summed E-state index contributed by atoms with van der Waals surface area (Å²) in [6, 6.07) is 12.8. The Morgan fingerprint density at radius 1 is 1.20 bits per heavy atom. The molecule has 0 radical (unpaired) electrons. The third kappa shape index (κ3) is 3.59. The summed E-state index contributed by atoms with van der Waals surface area (Å²) in [5, 5.41) is 0. The molecular weight excluding hydrogens is 319 g/mol. The summed E-state index contributed by atoms with van der Waals surface area (Å²) < 4.78 is 25.7. The quantitative estimate of drug-likeness (QED) is 0.808. The lowest BCUT2D eigenvalue weighted by Gasteiger charge is -2.50. The largest absolute Gasteiger partial charge is 0.375 e. The fraction of sp³-hybridized carbons (Fsp3) is 0.450. The number of pyridine rings is 1. The van der Waals surface area contributed by atoms with Crippen LogP contribution in [0.3, 0.4) is 0 Å². The molecule has 1 aromatic heterocycles. The van der Waals surface area contributed by atoms with Gasteiger partial charge in [-0.2, -0.15) is 0 Å². The number of nitrogens with zero attached hydrogens (tertiary/aromatic N) is 2. The minimum atomic E-state index is -0.133. The Kier molecular flexibility index (Phi) is 4.79. The van der Waals surface area contributed by atoms with Crippen LogP contribution >= 0.6 is 0 Å². The van der Waals surface area contributed by atoms with E-state index >= 15 is 0 Å². The Hall–Kier alpha value is -1.82. The molecule has 4 rings (SSSR count). The second kappa shape index (κ2) is 7.20. The average Bonchev–Trinajstić information content (AvgIpc) is 3.01. The number of aromatic nitrogens is 1. The number of likely N-dealkylation sites (tertiary alicyclic amines) is 1. The predicted molar refractivity (Wildman–Crippen MR) is 92.4 cm³/mol. The van der Waals surface area contributed by atoms with E-state index in [1.165, 1.54) is 6.07 Å². The molecule has 132 valence electrons. The lowest BCUT2D eigenvalue weighted by Crippen LogP contribution is -2.64. The number of benzene rings is 1. The highest BCUT2D eigenvalue weighted by atomic mass is 19.1. The highest BCUT2D eigenvalue weighted by Crippen LogP contribution is 2.40. The van der Waals surface area contributed by atoms with Crippen molar-refractivity contribution < 1.29 is 13.9 Å². The van der Waals surface area contributed by atoms with Crippen molar-refractivity contribution in [2.24, 2.45) is 5.92 Å². The van der Waals surface area contributed by atoms with Crippen molar-refractivity contribution in [3.63, 3.8) is 0 Å². The molecule has 25 heavy (non-hydrogen) atoms. The molecule has 2 aliphatic heterocycles.